The Kier molecular flexibility index (Phi) is 3.56. The Morgan fingerprint density at radius 3 is 2.64 bits per heavy atom. The molecule has 0 aromatic carbocycles. The van der Waals surface area contributed by atoms with E-state index in [-0.39, 0.29) is 5.91 Å². The van der Waals surface area contributed by atoms with Crippen molar-refractivity contribution in [1.29, 1.82) is 0 Å². The zero-order valence-corrected chi connectivity index (χ0v) is 8.74. The molecule has 0 saturated heterocycles. The van der Waals surface area contributed by atoms with Crippen LogP contribution in [0.4, 0.5) is 5.82 Å². The van der Waals surface area contributed by atoms with Crippen molar-refractivity contribution in [3.8, 4) is 0 Å². The summed E-state index contributed by atoms with van der Waals surface area (Å²) in [4.78, 5) is 11.3. The second kappa shape index (κ2) is 4.69. The highest BCUT2D eigenvalue weighted by atomic mass is 16.1. The van der Waals surface area contributed by atoms with E-state index >= 15 is 0 Å². The van der Waals surface area contributed by atoms with Crippen LogP contribution in [0.2, 0.25) is 0 Å². The van der Waals surface area contributed by atoms with E-state index in [1.807, 2.05) is 26.8 Å². The summed E-state index contributed by atoms with van der Waals surface area (Å²) < 4.78 is 0. The van der Waals surface area contributed by atoms with Crippen LogP contribution in [0.1, 0.15) is 26.0 Å². The quantitative estimate of drug-likeness (QED) is 0.796. The molecule has 1 amide bonds. The van der Waals surface area contributed by atoms with E-state index in [9.17, 15) is 4.79 Å². The van der Waals surface area contributed by atoms with Gasteiger partial charge in [0.2, 0.25) is 5.91 Å². The number of aryl methyl sites for hydroxylation is 1. The van der Waals surface area contributed by atoms with Crippen molar-refractivity contribution in [2.24, 2.45) is 5.92 Å². The molecule has 0 unspecified atom stereocenters. The zero-order valence-electron chi connectivity index (χ0n) is 8.74. The Labute approximate surface area is 83.7 Å². The van der Waals surface area contributed by atoms with Gasteiger partial charge >= 0.3 is 0 Å². The Balaban J connectivity index is 2.52. The molecule has 0 spiro atoms. The average molecular weight is 193 g/mol. The average Bonchev–Trinajstić information content (AvgIpc) is 2.07. The molecule has 0 fully saturated rings. The van der Waals surface area contributed by atoms with Gasteiger partial charge in [-0.2, -0.15) is 5.10 Å². The molecule has 14 heavy (non-hydrogen) atoms. The summed E-state index contributed by atoms with van der Waals surface area (Å²) in [5.41, 5.74) is 0.840. The SMILES string of the molecule is Cc1ccc(NC(=O)CC(C)C)nn1. The van der Waals surface area contributed by atoms with E-state index in [4.69, 9.17) is 0 Å². The van der Waals surface area contributed by atoms with Gasteiger partial charge in [-0.15, -0.1) is 5.10 Å². The van der Waals surface area contributed by atoms with E-state index in [1.165, 1.54) is 0 Å². The molecule has 0 aliphatic heterocycles. The molecule has 1 heterocycles. The van der Waals surface area contributed by atoms with E-state index in [0.717, 1.165) is 5.69 Å². The monoisotopic (exact) mass is 193 g/mol. The maximum absolute atomic E-state index is 11.3. The van der Waals surface area contributed by atoms with Crippen LogP contribution in [-0.4, -0.2) is 16.1 Å². The fourth-order valence-corrected chi connectivity index (χ4v) is 1.03. The third-order valence-corrected chi connectivity index (χ3v) is 1.66. The molecule has 0 bridgehead atoms. The number of amides is 1. The van der Waals surface area contributed by atoms with Crippen molar-refractivity contribution >= 4 is 11.7 Å². The minimum atomic E-state index is -0.0156. The van der Waals surface area contributed by atoms with Crippen LogP contribution in [0.3, 0.4) is 0 Å². The summed E-state index contributed by atoms with van der Waals surface area (Å²) in [5, 5.41) is 10.4. The van der Waals surface area contributed by atoms with Crippen LogP contribution in [0.25, 0.3) is 0 Å². The minimum Gasteiger partial charge on any atom is -0.309 e. The maximum Gasteiger partial charge on any atom is 0.225 e. The van der Waals surface area contributed by atoms with Crippen molar-refractivity contribution in [3.05, 3.63) is 17.8 Å². The first-order valence-electron chi connectivity index (χ1n) is 4.68. The molecule has 1 rings (SSSR count). The highest BCUT2D eigenvalue weighted by Gasteiger charge is 2.05. The highest BCUT2D eigenvalue weighted by molar-refractivity contribution is 5.89. The molecule has 0 aliphatic rings. The molecule has 1 N–H and O–H groups in total. The van der Waals surface area contributed by atoms with Crippen LogP contribution < -0.4 is 5.32 Å². The predicted octanol–water partition coefficient (Wildman–Crippen LogP) is 1.77. The van der Waals surface area contributed by atoms with Gasteiger partial charge in [-0.25, -0.2) is 0 Å². The van der Waals surface area contributed by atoms with Crippen molar-refractivity contribution in [3.63, 3.8) is 0 Å². The normalized spacial score (nSPS) is 10.3. The number of hydrogen-bond donors (Lipinski definition) is 1. The summed E-state index contributed by atoms with van der Waals surface area (Å²) in [7, 11) is 0. The maximum atomic E-state index is 11.3. The second-order valence-corrected chi connectivity index (χ2v) is 3.71. The molecule has 0 atom stereocenters. The Morgan fingerprint density at radius 2 is 2.14 bits per heavy atom. The van der Waals surface area contributed by atoms with E-state index in [0.29, 0.717) is 18.2 Å². The first-order valence-corrected chi connectivity index (χ1v) is 4.68. The van der Waals surface area contributed by atoms with E-state index < -0.39 is 0 Å². The van der Waals surface area contributed by atoms with E-state index in [1.54, 1.807) is 6.07 Å². The molecular weight excluding hydrogens is 178 g/mol. The highest BCUT2D eigenvalue weighted by Crippen LogP contribution is 2.05. The van der Waals surface area contributed by atoms with Crippen molar-refractivity contribution in [2.75, 3.05) is 5.32 Å². The van der Waals surface area contributed by atoms with Gasteiger partial charge in [0.15, 0.2) is 5.82 Å². The smallest absolute Gasteiger partial charge is 0.225 e. The van der Waals surface area contributed by atoms with Crippen LogP contribution in [0.5, 0.6) is 0 Å². The number of anilines is 1. The third-order valence-electron chi connectivity index (χ3n) is 1.66. The molecule has 1 aromatic rings. The number of aromatic nitrogens is 2. The Hall–Kier alpha value is -1.45. The Bertz CT molecular complexity index is 306. The summed E-state index contributed by atoms with van der Waals surface area (Å²) in [6, 6.07) is 3.57. The molecule has 0 aliphatic carbocycles. The van der Waals surface area contributed by atoms with Gasteiger partial charge in [-0.3, -0.25) is 4.79 Å². The predicted molar refractivity (Wildman–Crippen MR) is 54.9 cm³/mol. The van der Waals surface area contributed by atoms with Crippen LogP contribution >= 0.6 is 0 Å². The van der Waals surface area contributed by atoms with Crippen molar-refractivity contribution < 1.29 is 4.79 Å². The number of nitrogens with zero attached hydrogens (tertiary/aromatic N) is 2. The van der Waals surface area contributed by atoms with Gasteiger partial charge in [-0.1, -0.05) is 13.8 Å². The zero-order chi connectivity index (χ0) is 10.6. The fraction of sp³-hybridized carbons (Fsp3) is 0.500. The number of hydrogen-bond acceptors (Lipinski definition) is 3. The Morgan fingerprint density at radius 1 is 1.43 bits per heavy atom. The molecule has 0 radical (unpaired) electrons. The fourth-order valence-electron chi connectivity index (χ4n) is 1.03. The number of rotatable bonds is 3. The van der Waals surface area contributed by atoms with Gasteiger partial charge in [0.1, 0.15) is 0 Å². The lowest BCUT2D eigenvalue weighted by Crippen LogP contribution is -2.15. The number of carbonyl (C=O) groups excluding carboxylic acids is 1. The number of carbonyl (C=O) groups is 1. The lowest BCUT2D eigenvalue weighted by atomic mass is 10.1. The lowest BCUT2D eigenvalue weighted by Gasteiger charge is -2.05. The summed E-state index contributed by atoms with van der Waals surface area (Å²) in [6.07, 6.45) is 0.509. The first kappa shape index (κ1) is 10.6. The molecule has 4 nitrogen and oxygen atoms in total. The van der Waals surface area contributed by atoms with Gasteiger partial charge in [0.25, 0.3) is 0 Å². The topological polar surface area (TPSA) is 54.9 Å². The minimum absolute atomic E-state index is 0.0156. The van der Waals surface area contributed by atoms with Gasteiger partial charge in [0.05, 0.1) is 5.69 Å². The van der Waals surface area contributed by atoms with Crippen LogP contribution in [-0.2, 0) is 4.79 Å². The third kappa shape index (κ3) is 3.51. The molecule has 4 heteroatoms. The molecule has 76 valence electrons. The van der Waals surface area contributed by atoms with Gasteiger partial charge in [-0.05, 0) is 25.0 Å². The molecular formula is C10H15N3O. The largest absolute Gasteiger partial charge is 0.309 e. The molecule has 0 saturated carbocycles. The lowest BCUT2D eigenvalue weighted by molar-refractivity contribution is -0.116. The van der Waals surface area contributed by atoms with Gasteiger partial charge < -0.3 is 5.32 Å². The van der Waals surface area contributed by atoms with Gasteiger partial charge in [0, 0.05) is 6.42 Å². The molecule has 1 aromatic heterocycles. The van der Waals surface area contributed by atoms with Crippen LogP contribution in [0, 0.1) is 12.8 Å². The van der Waals surface area contributed by atoms with Crippen molar-refractivity contribution in [1.82, 2.24) is 10.2 Å². The van der Waals surface area contributed by atoms with Crippen molar-refractivity contribution in [2.45, 2.75) is 27.2 Å². The summed E-state index contributed by atoms with van der Waals surface area (Å²) in [6.45, 7) is 5.85. The summed E-state index contributed by atoms with van der Waals surface area (Å²) >= 11 is 0. The van der Waals surface area contributed by atoms with Crippen LogP contribution in [0.15, 0.2) is 12.1 Å². The summed E-state index contributed by atoms with van der Waals surface area (Å²) in [5.74, 6) is 0.854. The second-order valence-electron chi connectivity index (χ2n) is 3.71. The standard InChI is InChI=1S/C10H15N3O/c1-7(2)6-10(14)11-9-5-4-8(3)12-13-9/h4-5,7H,6H2,1-3H3,(H,11,13,14). The first-order chi connectivity index (χ1) is 6.58. The number of nitrogens with one attached hydrogen (secondary N) is 1. The van der Waals surface area contributed by atoms with E-state index in [2.05, 4.69) is 15.5 Å².